The molecule has 1 aromatic carbocycles. The Morgan fingerprint density at radius 3 is 3.00 bits per heavy atom. The van der Waals surface area contributed by atoms with E-state index in [-0.39, 0.29) is 18.5 Å². The van der Waals surface area contributed by atoms with Gasteiger partial charge in [0.1, 0.15) is 11.6 Å². The zero-order valence-corrected chi connectivity index (χ0v) is 10.8. The number of nitrogens with zero attached hydrogens (tertiary/aromatic N) is 4. The molecule has 2 rings (SSSR count). The minimum Gasteiger partial charge on any atom is -0.447 e. The Balaban J connectivity index is 2.11. The van der Waals surface area contributed by atoms with E-state index in [0.29, 0.717) is 10.9 Å². The van der Waals surface area contributed by atoms with Crippen molar-refractivity contribution >= 4 is 16.9 Å². The number of nitriles is 1. The lowest BCUT2D eigenvalue weighted by Gasteiger charge is -2.06. The molecule has 0 saturated heterocycles. The number of hydrogen-bond donors (Lipinski definition) is 0. The van der Waals surface area contributed by atoms with Gasteiger partial charge >= 0.3 is 5.97 Å². The summed E-state index contributed by atoms with van der Waals surface area (Å²) >= 11 is 0. The minimum absolute atomic E-state index is 0.0427. The molecule has 0 aliphatic heterocycles. The number of fused-ring (bicyclic) bond motifs is 1. The van der Waals surface area contributed by atoms with Gasteiger partial charge in [-0.2, -0.15) is 5.26 Å². The van der Waals surface area contributed by atoms with Gasteiger partial charge in [0.05, 0.1) is 18.4 Å². The topological polar surface area (TPSA) is 97.9 Å². The van der Waals surface area contributed by atoms with Crippen molar-refractivity contribution in [1.29, 1.82) is 5.26 Å². The highest BCUT2D eigenvalue weighted by atomic mass is 16.5. The first-order valence-electron chi connectivity index (χ1n) is 6.03. The zero-order valence-electron chi connectivity index (χ0n) is 10.8. The Labute approximate surface area is 114 Å². The normalized spacial score (nSPS) is 11.8. The summed E-state index contributed by atoms with van der Waals surface area (Å²) < 4.78 is 5.90. The second-order valence-corrected chi connectivity index (χ2v) is 4.15. The molecule has 20 heavy (non-hydrogen) atoms. The Hall–Kier alpha value is -2.75. The van der Waals surface area contributed by atoms with Crippen LogP contribution in [0.2, 0.25) is 0 Å². The standard InChI is InChI=1S/C13H12N4O3/c1-9(8-14)20-12(18)6-7-17-13(19)10-4-2-3-5-11(10)15-16-17/h2-5,9H,6-7H2,1H3. The first kappa shape index (κ1) is 13.7. The molecule has 0 amide bonds. The summed E-state index contributed by atoms with van der Waals surface area (Å²) in [7, 11) is 0. The van der Waals surface area contributed by atoms with Gasteiger partial charge in [0.15, 0.2) is 6.10 Å². The maximum atomic E-state index is 12.1. The molecule has 0 aliphatic rings. The second-order valence-electron chi connectivity index (χ2n) is 4.15. The van der Waals surface area contributed by atoms with E-state index in [2.05, 4.69) is 10.3 Å². The van der Waals surface area contributed by atoms with E-state index in [4.69, 9.17) is 10.00 Å². The maximum Gasteiger partial charge on any atom is 0.308 e. The number of aromatic nitrogens is 3. The fourth-order valence-corrected chi connectivity index (χ4v) is 1.65. The van der Waals surface area contributed by atoms with Crippen molar-refractivity contribution in [2.45, 2.75) is 26.0 Å². The number of hydrogen-bond acceptors (Lipinski definition) is 6. The Bertz CT molecular complexity index is 732. The van der Waals surface area contributed by atoms with Crippen LogP contribution in [0.25, 0.3) is 10.9 Å². The van der Waals surface area contributed by atoms with Crippen LogP contribution in [0.15, 0.2) is 29.1 Å². The van der Waals surface area contributed by atoms with E-state index in [9.17, 15) is 9.59 Å². The lowest BCUT2D eigenvalue weighted by atomic mass is 10.2. The third-order valence-electron chi connectivity index (χ3n) is 2.65. The van der Waals surface area contributed by atoms with E-state index in [1.165, 1.54) is 6.92 Å². The van der Waals surface area contributed by atoms with Crippen LogP contribution in [0.1, 0.15) is 13.3 Å². The SMILES string of the molecule is CC(C#N)OC(=O)CCn1nnc2ccccc2c1=O. The second kappa shape index (κ2) is 5.93. The average molecular weight is 272 g/mol. The van der Waals surface area contributed by atoms with Crippen molar-refractivity contribution in [2.24, 2.45) is 0 Å². The number of esters is 1. The molecule has 7 nitrogen and oxygen atoms in total. The van der Waals surface area contributed by atoms with Crippen LogP contribution in [-0.2, 0) is 16.1 Å². The molecule has 0 spiro atoms. The van der Waals surface area contributed by atoms with E-state index in [1.807, 2.05) is 0 Å². The third kappa shape index (κ3) is 2.98. The summed E-state index contributed by atoms with van der Waals surface area (Å²) in [6, 6.07) is 8.63. The van der Waals surface area contributed by atoms with Gasteiger partial charge in [-0.1, -0.05) is 17.3 Å². The first-order valence-corrected chi connectivity index (χ1v) is 6.03. The summed E-state index contributed by atoms with van der Waals surface area (Å²) in [5.74, 6) is -0.555. The van der Waals surface area contributed by atoms with Gasteiger partial charge in [-0.15, -0.1) is 5.10 Å². The molecule has 1 heterocycles. The first-order chi connectivity index (χ1) is 9.61. The fraction of sp³-hybridized carbons (Fsp3) is 0.308. The molecule has 0 bridgehead atoms. The van der Waals surface area contributed by atoms with E-state index in [1.54, 1.807) is 30.3 Å². The predicted octanol–water partition coefficient (Wildman–Crippen LogP) is 0.637. The highest BCUT2D eigenvalue weighted by Crippen LogP contribution is 2.03. The molecule has 1 unspecified atom stereocenters. The summed E-state index contributed by atoms with van der Waals surface area (Å²) in [4.78, 5) is 23.5. The molecular weight excluding hydrogens is 260 g/mol. The number of ether oxygens (including phenoxy) is 1. The molecule has 0 saturated carbocycles. The van der Waals surface area contributed by atoms with Crippen molar-refractivity contribution in [3.05, 3.63) is 34.6 Å². The number of carbonyl (C=O) groups excluding carboxylic acids is 1. The average Bonchev–Trinajstić information content (AvgIpc) is 2.46. The maximum absolute atomic E-state index is 12.1. The van der Waals surface area contributed by atoms with Gasteiger partial charge < -0.3 is 4.74 Å². The van der Waals surface area contributed by atoms with Crippen molar-refractivity contribution in [3.8, 4) is 6.07 Å². The van der Waals surface area contributed by atoms with Crippen LogP contribution in [0.4, 0.5) is 0 Å². The zero-order chi connectivity index (χ0) is 14.5. The highest BCUT2D eigenvalue weighted by molar-refractivity contribution is 5.76. The van der Waals surface area contributed by atoms with Crippen molar-refractivity contribution in [1.82, 2.24) is 15.0 Å². The molecule has 7 heteroatoms. The molecule has 0 aliphatic carbocycles. The van der Waals surface area contributed by atoms with Gasteiger partial charge in [-0.25, -0.2) is 4.68 Å². The van der Waals surface area contributed by atoms with Crippen molar-refractivity contribution in [2.75, 3.05) is 0 Å². The van der Waals surface area contributed by atoms with Crippen LogP contribution < -0.4 is 5.56 Å². The number of benzene rings is 1. The van der Waals surface area contributed by atoms with Crippen molar-refractivity contribution in [3.63, 3.8) is 0 Å². The van der Waals surface area contributed by atoms with Crippen LogP contribution in [0.3, 0.4) is 0 Å². The largest absolute Gasteiger partial charge is 0.447 e. The molecule has 2 aromatic rings. The number of aryl methyl sites for hydroxylation is 1. The molecule has 102 valence electrons. The van der Waals surface area contributed by atoms with Gasteiger partial charge in [-0.05, 0) is 19.1 Å². The summed E-state index contributed by atoms with van der Waals surface area (Å²) in [5.41, 5.74) is 0.200. The summed E-state index contributed by atoms with van der Waals surface area (Å²) in [5, 5.41) is 16.6. The van der Waals surface area contributed by atoms with Gasteiger partial charge in [0.25, 0.3) is 5.56 Å². The quantitative estimate of drug-likeness (QED) is 0.757. The van der Waals surface area contributed by atoms with E-state index >= 15 is 0 Å². The minimum atomic E-state index is -0.804. The molecule has 1 aromatic heterocycles. The lowest BCUT2D eigenvalue weighted by molar-refractivity contribution is -0.146. The van der Waals surface area contributed by atoms with E-state index < -0.39 is 12.1 Å². The molecule has 0 radical (unpaired) electrons. The highest BCUT2D eigenvalue weighted by Gasteiger charge is 2.10. The third-order valence-corrected chi connectivity index (χ3v) is 2.65. The van der Waals surface area contributed by atoms with Crippen LogP contribution in [0, 0.1) is 11.3 Å². The Morgan fingerprint density at radius 2 is 2.25 bits per heavy atom. The van der Waals surface area contributed by atoms with Crippen molar-refractivity contribution < 1.29 is 9.53 Å². The Kier molecular flexibility index (Phi) is 4.05. The lowest BCUT2D eigenvalue weighted by Crippen LogP contribution is -2.26. The van der Waals surface area contributed by atoms with Crippen LogP contribution >= 0.6 is 0 Å². The summed E-state index contributed by atoms with van der Waals surface area (Å²) in [6.45, 7) is 1.54. The van der Waals surface area contributed by atoms with Gasteiger partial charge in [0.2, 0.25) is 0 Å². The van der Waals surface area contributed by atoms with E-state index in [0.717, 1.165) is 4.68 Å². The fourth-order valence-electron chi connectivity index (χ4n) is 1.65. The number of rotatable bonds is 4. The molecule has 0 N–H and O–H groups in total. The van der Waals surface area contributed by atoms with Gasteiger partial charge in [-0.3, -0.25) is 9.59 Å². The van der Waals surface area contributed by atoms with Crippen LogP contribution in [-0.4, -0.2) is 27.1 Å². The Morgan fingerprint density at radius 1 is 1.50 bits per heavy atom. The molecular formula is C13H12N4O3. The monoisotopic (exact) mass is 272 g/mol. The number of carbonyl (C=O) groups is 1. The summed E-state index contributed by atoms with van der Waals surface area (Å²) in [6.07, 6.45) is -0.846. The van der Waals surface area contributed by atoms with Gasteiger partial charge in [0, 0.05) is 0 Å². The smallest absolute Gasteiger partial charge is 0.308 e. The van der Waals surface area contributed by atoms with Crippen LogP contribution in [0.5, 0.6) is 0 Å². The predicted molar refractivity (Wildman–Crippen MR) is 69.6 cm³/mol. The molecule has 0 fully saturated rings. The molecule has 1 atom stereocenters.